The van der Waals surface area contributed by atoms with Crippen LogP contribution in [0.5, 0.6) is 0 Å². The van der Waals surface area contributed by atoms with Gasteiger partial charge in [-0.3, -0.25) is 0 Å². The van der Waals surface area contributed by atoms with E-state index in [1.165, 1.54) is 32.1 Å². The van der Waals surface area contributed by atoms with Crippen molar-refractivity contribution >= 4 is 15.9 Å². The van der Waals surface area contributed by atoms with E-state index in [1.54, 1.807) is 5.57 Å². The molecule has 0 unspecified atom stereocenters. The zero-order chi connectivity index (χ0) is 8.10. The molecule has 1 saturated carbocycles. The summed E-state index contributed by atoms with van der Waals surface area (Å²) in [5, 5.41) is 1.07. The van der Waals surface area contributed by atoms with Crippen molar-refractivity contribution < 1.29 is 0 Å². The molecule has 1 aliphatic rings. The Morgan fingerprint density at radius 1 is 1.45 bits per heavy atom. The molecule has 0 bridgehead atoms. The normalized spacial score (nSPS) is 21.1. The lowest BCUT2D eigenvalue weighted by Gasteiger charge is -2.04. The number of allylic oxidation sites excluding steroid dienone is 2. The van der Waals surface area contributed by atoms with Gasteiger partial charge in [-0.25, -0.2) is 0 Å². The summed E-state index contributed by atoms with van der Waals surface area (Å²) in [5.74, 6) is 0.905. The van der Waals surface area contributed by atoms with Crippen molar-refractivity contribution in [2.24, 2.45) is 5.92 Å². The summed E-state index contributed by atoms with van der Waals surface area (Å²) in [5.41, 5.74) is 1.58. The van der Waals surface area contributed by atoms with Crippen molar-refractivity contribution in [1.82, 2.24) is 0 Å². The molecule has 1 aliphatic carbocycles. The molecule has 0 heterocycles. The minimum atomic E-state index is 0.905. The molecule has 0 spiro atoms. The Morgan fingerprint density at radius 2 is 2.09 bits per heavy atom. The third-order valence-corrected chi connectivity index (χ3v) is 3.22. The van der Waals surface area contributed by atoms with Gasteiger partial charge >= 0.3 is 0 Å². The van der Waals surface area contributed by atoms with Crippen LogP contribution in [0.4, 0.5) is 0 Å². The first-order valence-corrected chi connectivity index (χ1v) is 5.74. The van der Waals surface area contributed by atoms with Crippen molar-refractivity contribution in [2.75, 3.05) is 5.33 Å². The molecular formula is C10H17Br. The molecule has 1 rings (SSSR count). The van der Waals surface area contributed by atoms with E-state index in [4.69, 9.17) is 0 Å². The van der Waals surface area contributed by atoms with E-state index in [0.717, 1.165) is 11.2 Å². The maximum absolute atomic E-state index is 3.52. The van der Waals surface area contributed by atoms with Gasteiger partial charge in [0.1, 0.15) is 0 Å². The number of rotatable bonds is 3. The van der Waals surface area contributed by atoms with Gasteiger partial charge in [0.25, 0.3) is 0 Å². The SMILES string of the molecule is CCC(=CC1CCCC1)CBr. The average molecular weight is 217 g/mol. The van der Waals surface area contributed by atoms with E-state index in [9.17, 15) is 0 Å². The maximum Gasteiger partial charge on any atom is 0.0241 e. The van der Waals surface area contributed by atoms with Crippen LogP contribution in [0.3, 0.4) is 0 Å². The Balaban J connectivity index is 2.40. The van der Waals surface area contributed by atoms with Crippen LogP contribution in [0, 0.1) is 5.92 Å². The smallest absolute Gasteiger partial charge is 0.0241 e. The average Bonchev–Trinajstić information content (AvgIpc) is 2.52. The molecule has 0 aromatic carbocycles. The maximum atomic E-state index is 3.52. The molecule has 0 aromatic rings. The number of hydrogen-bond donors (Lipinski definition) is 0. The second kappa shape index (κ2) is 4.97. The first-order valence-electron chi connectivity index (χ1n) is 4.62. The van der Waals surface area contributed by atoms with E-state index < -0.39 is 0 Å². The Kier molecular flexibility index (Phi) is 4.21. The predicted octanol–water partition coefficient (Wildman–Crippen LogP) is 3.91. The van der Waals surface area contributed by atoms with Gasteiger partial charge in [-0.1, -0.05) is 47.3 Å². The van der Waals surface area contributed by atoms with Crippen molar-refractivity contribution in [3.8, 4) is 0 Å². The number of alkyl halides is 1. The topological polar surface area (TPSA) is 0 Å². The van der Waals surface area contributed by atoms with Crippen LogP contribution in [-0.4, -0.2) is 5.33 Å². The summed E-state index contributed by atoms with van der Waals surface area (Å²) in [4.78, 5) is 0. The van der Waals surface area contributed by atoms with E-state index in [-0.39, 0.29) is 0 Å². The molecule has 0 radical (unpaired) electrons. The molecule has 1 heteroatoms. The fourth-order valence-electron chi connectivity index (χ4n) is 1.71. The highest BCUT2D eigenvalue weighted by Gasteiger charge is 2.12. The fraction of sp³-hybridized carbons (Fsp3) is 0.800. The molecular weight excluding hydrogens is 200 g/mol. The van der Waals surface area contributed by atoms with Crippen molar-refractivity contribution in [3.63, 3.8) is 0 Å². The molecule has 11 heavy (non-hydrogen) atoms. The second-order valence-corrected chi connectivity index (χ2v) is 3.92. The van der Waals surface area contributed by atoms with Gasteiger partial charge in [0, 0.05) is 5.33 Å². The summed E-state index contributed by atoms with van der Waals surface area (Å²) in [6.07, 6.45) is 9.44. The fourth-order valence-corrected chi connectivity index (χ4v) is 2.30. The summed E-state index contributed by atoms with van der Waals surface area (Å²) < 4.78 is 0. The first kappa shape index (κ1) is 9.31. The highest BCUT2D eigenvalue weighted by Crippen LogP contribution is 2.27. The lowest BCUT2D eigenvalue weighted by molar-refractivity contribution is 0.678. The molecule has 0 nitrogen and oxygen atoms in total. The third kappa shape index (κ3) is 2.98. The number of halogens is 1. The van der Waals surface area contributed by atoms with Crippen LogP contribution in [0.1, 0.15) is 39.0 Å². The molecule has 0 atom stereocenters. The predicted molar refractivity (Wildman–Crippen MR) is 54.1 cm³/mol. The van der Waals surface area contributed by atoms with Gasteiger partial charge in [0.2, 0.25) is 0 Å². The molecule has 1 fully saturated rings. The Hall–Kier alpha value is 0.220. The Labute approximate surface area is 78.2 Å². The molecule has 0 aromatic heterocycles. The van der Waals surface area contributed by atoms with Crippen LogP contribution in [0.25, 0.3) is 0 Å². The molecule has 0 amide bonds. The van der Waals surface area contributed by atoms with Crippen LogP contribution in [-0.2, 0) is 0 Å². The highest BCUT2D eigenvalue weighted by atomic mass is 79.9. The molecule has 0 saturated heterocycles. The lowest BCUT2D eigenvalue weighted by Crippen LogP contribution is -1.91. The zero-order valence-corrected chi connectivity index (χ0v) is 8.86. The molecule has 0 N–H and O–H groups in total. The number of hydrogen-bond acceptors (Lipinski definition) is 0. The van der Waals surface area contributed by atoms with Crippen LogP contribution in [0.15, 0.2) is 11.6 Å². The van der Waals surface area contributed by atoms with Gasteiger partial charge in [0.05, 0.1) is 0 Å². The Morgan fingerprint density at radius 3 is 2.55 bits per heavy atom. The van der Waals surface area contributed by atoms with Crippen LogP contribution in [0.2, 0.25) is 0 Å². The van der Waals surface area contributed by atoms with Gasteiger partial charge in [-0.05, 0) is 25.2 Å². The summed E-state index contributed by atoms with van der Waals surface area (Å²) in [6, 6.07) is 0. The zero-order valence-electron chi connectivity index (χ0n) is 7.28. The minimum absolute atomic E-state index is 0.905. The van der Waals surface area contributed by atoms with Crippen molar-refractivity contribution in [1.29, 1.82) is 0 Å². The van der Waals surface area contributed by atoms with Crippen LogP contribution >= 0.6 is 15.9 Å². The van der Waals surface area contributed by atoms with E-state index >= 15 is 0 Å². The highest BCUT2D eigenvalue weighted by molar-refractivity contribution is 9.09. The first-order chi connectivity index (χ1) is 5.36. The standard InChI is InChI=1S/C10H17Br/c1-2-9(8-11)7-10-5-3-4-6-10/h7,10H,2-6,8H2,1H3. The van der Waals surface area contributed by atoms with Crippen LogP contribution < -0.4 is 0 Å². The minimum Gasteiger partial charge on any atom is -0.0880 e. The lowest BCUT2D eigenvalue weighted by atomic mass is 10.0. The monoisotopic (exact) mass is 216 g/mol. The van der Waals surface area contributed by atoms with E-state index in [0.29, 0.717) is 0 Å². The summed E-state index contributed by atoms with van der Waals surface area (Å²) >= 11 is 3.52. The van der Waals surface area contributed by atoms with E-state index in [2.05, 4.69) is 28.9 Å². The quantitative estimate of drug-likeness (QED) is 0.496. The molecule has 0 aliphatic heterocycles. The van der Waals surface area contributed by atoms with Gasteiger partial charge < -0.3 is 0 Å². The molecule has 64 valence electrons. The third-order valence-electron chi connectivity index (χ3n) is 2.50. The van der Waals surface area contributed by atoms with Crippen molar-refractivity contribution in [2.45, 2.75) is 39.0 Å². The van der Waals surface area contributed by atoms with E-state index in [1.807, 2.05) is 0 Å². The van der Waals surface area contributed by atoms with Gasteiger partial charge in [0.15, 0.2) is 0 Å². The van der Waals surface area contributed by atoms with Gasteiger partial charge in [-0.15, -0.1) is 0 Å². The van der Waals surface area contributed by atoms with Gasteiger partial charge in [-0.2, -0.15) is 0 Å². The van der Waals surface area contributed by atoms with Crippen molar-refractivity contribution in [3.05, 3.63) is 11.6 Å². The second-order valence-electron chi connectivity index (χ2n) is 3.36. The summed E-state index contributed by atoms with van der Waals surface area (Å²) in [6.45, 7) is 2.24. The summed E-state index contributed by atoms with van der Waals surface area (Å²) in [7, 11) is 0. The Bertz CT molecular complexity index is 126. The largest absolute Gasteiger partial charge is 0.0880 e.